The zero-order valence-corrected chi connectivity index (χ0v) is 16.7. The van der Waals surface area contributed by atoms with Crippen molar-refractivity contribution < 1.29 is 18.0 Å². The summed E-state index contributed by atoms with van der Waals surface area (Å²) in [5.74, 6) is -0.0763. The van der Waals surface area contributed by atoms with Crippen LogP contribution in [-0.4, -0.2) is 32.4 Å². The van der Waals surface area contributed by atoms with E-state index in [-0.39, 0.29) is 23.3 Å². The largest absolute Gasteiger partial charge is 0.323 e. The molecule has 1 spiro atoms. The second kappa shape index (κ2) is 7.48. The molecule has 0 bridgehead atoms. The summed E-state index contributed by atoms with van der Waals surface area (Å²) < 4.78 is 28.1. The summed E-state index contributed by atoms with van der Waals surface area (Å²) in [4.78, 5) is 24.0. The van der Waals surface area contributed by atoms with Crippen molar-refractivity contribution in [2.24, 2.45) is 5.92 Å². The molecule has 1 aliphatic heterocycles. The first-order chi connectivity index (χ1) is 13.4. The lowest BCUT2D eigenvalue weighted by atomic mass is 9.84. The van der Waals surface area contributed by atoms with Gasteiger partial charge in [-0.05, 0) is 49.3 Å². The SMILES string of the molecule is O=C1NC(=O)C2(CCCC2CNS(=O)(=O)c2ccc(C3CCCCC3)cc2)N1. The van der Waals surface area contributed by atoms with Crippen LogP contribution < -0.4 is 15.4 Å². The zero-order chi connectivity index (χ0) is 19.8. The Balaban J connectivity index is 1.43. The summed E-state index contributed by atoms with van der Waals surface area (Å²) in [6, 6.07) is 6.68. The highest BCUT2D eigenvalue weighted by molar-refractivity contribution is 7.89. The van der Waals surface area contributed by atoms with Crippen LogP contribution in [-0.2, 0) is 14.8 Å². The van der Waals surface area contributed by atoms with E-state index in [0.717, 1.165) is 6.42 Å². The summed E-state index contributed by atoms with van der Waals surface area (Å²) in [6.45, 7) is 0.125. The number of amides is 3. The Kier molecular flexibility index (Phi) is 5.18. The van der Waals surface area contributed by atoms with Gasteiger partial charge in [0.05, 0.1) is 4.90 Å². The van der Waals surface area contributed by atoms with Crippen LogP contribution in [0.25, 0.3) is 0 Å². The van der Waals surface area contributed by atoms with Crippen molar-refractivity contribution >= 4 is 22.0 Å². The molecular weight excluding hydrogens is 378 g/mol. The molecule has 0 aromatic heterocycles. The molecule has 152 valence electrons. The third-order valence-corrected chi connectivity index (χ3v) is 8.02. The predicted octanol–water partition coefficient (Wildman–Crippen LogP) is 2.39. The molecule has 1 aromatic carbocycles. The fraction of sp³-hybridized carbons (Fsp3) is 0.600. The molecule has 3 N–H and O–H groups in total. The quantitative estimate of drug-likeness (QED) is 0.654. The van der Waals surface area contributed by atoms with Crippen LogP contribution >= 0.6 is 0 Å². The lowest BCUT2D eigenvalue weighted by Crippen LogP contribution is -2.53. The van der Waals surface area contributed by atoms with Gasteiger partial charge in [-0.2, -0.15) is 0 Å². The molecule has 0 radical (unpaired) electrons. The van der Waals surface area contributed by atoms with Crippen LogP contribution in [0.3, 0.4) is 0 Å². The molecule has 7 nitrogen and oxygen atoms in total. The van der Waals surface area contributed by atoms with E-state index in [0.29, 0.717) is 18.8 Å². The lowest BCUT2D eigenvalue weighted by molar-refractivity contribution is -0.125. The number of nitrogens with one attached hydrogen (secondary N) is 3. The molecule has 3 aliphatic rings. The van der Waals surface area contributed by atoms with Crippen molar-refractivity contribution in [1.29, 1.82) is 0 Å². The maximum atomic E-state index is 12.7. The number of hydrogen-bond acceptors (Lipinski definition) is 4. The van der Waals surface area contributed by atoms with Gasteiger partial charge in [-0.1, -0.05) is 37.8 Å². The Bertz CT molecular complexity index is 862. The van der Waals surface area contributed by atoms with E-state index < -0.39 is 21.6 Å². The van der Waals surface area contributed by atoms with Crippen molar-refractivity contribution in [1.82, 2.24) is 15.4 Å². The van der Waals surface area contributed by atoms with Gasteiger partial charge < -0.3 is 5.32 Å². The molecule has 3 fully saturated rings. The maximum Gasteiger partial charge on any atom is 0.322 e. The topological polar surface area (TPSA) is 104 Å². The summed E-state index contributed by atoms with van der Waals surface area (Å²) >= 11 is 0. The van der Waals surface area contributed by atoms with Crippen LogP contribution in [0, 0.1) is 5.92 Å². The molecule has 28 heavy (non-hydrogen) atoms. The first-order valence-corrected chi connectivity index (χ1v) is 11.6. The van der Waals surface area contributed by atoms with Gasteiger partial charge >= 0.3 is 6.03 Å². The second-order valence-electron chi connectivity index (χ2n) is 8.22. The minimum Gasteiger partial charge on any atom is -0.323 e. The molecule has 8 heteroatoms. The highest BCUT2D eigenvalue weighted by atomic mass is 32.2. The monoisotopic (exact) mass is 405 g/mol. The average Bonchev–Trinajstić information content (AvgIpc) is 3.23. The van der Waals surface area contributed by atoms with Gasteiger partial charge in [0, 0.05) is 12.5 Å². The Labute approximate surface area is 165 Å². The minimum absolute atomic E-state index is 0.125. The number of sulfonamides is 1. The summed E-state index contributed by atoms with van der Waals surface area (Å²) in [5, 5.41) is 4.99. The highest BCUT2D eigenvalue weighted by Crippen LogP contribution is 2.38. The van der Waals surface area contributed by atoms with Crippen molar-refractivity contribution in [3.8, 4) is 0 Å². The van der Waals surface area contributed by atoms with Crippen LogP contribution in [0.1, 0.15) is 62.8 Å². The lowest BCUT2D eigenvalue weighted by Gasteiger charge is -2.28. The van der Waals surface area contributed by atoms with E-state index >= 15 is 0 Å². The van der Waals surface area contributed by atoms with E-state index in [9.17, 15) is 18.0 Å². The number of imide groups is 1. The highest BCUT2D eigenvalue weighted by Gasteiger charge is 2.54. The number of carbonyl (C=O) groups excluding carboxylic acids is 2. The fourth-order valence-corrected chi connectivity index (χ4v) is 6.05. The van der Waals surface area contributed by atoms with Crippen molar-refractivity contribution in [2.75, 3.05) is 6.54 Å². The number of rotatable bonds is 5. The molecule has 2 aliphatic carbocycles. The van der Waals surface area contributed by atoms with Gasteiger partial charge in [-0.25, -0.2) is 17.9 Å². The van der Waals surface area contributed by atoms with Gasteiger partial charge in [-0.3, -0.25) is 10.1 Å². The number of hydrogen-bond donors (Lipinski definition) is 3. The molecule has 1 aromatic rings. The van der Waals surface area contributed by atoms with Crippen LogP contribution in [0.15, 0.2) is 29.2 Å². The van der Waals surface area contributed by atoms with Crippen molar-refractivity contribution in [3.05, 3.63) is 29.8 Å². The molecular formula is C20H27N3O4S. The van der Waals surface area contributed by atoms with Crippen LogP contribution in [0.4, 0.5) is 4.79 Å². The second-order valence-corrected chi connectivity index (χ2v) is 9.99. The van der Waals surface area contributed by atoms with E-state index in [4.69, 9.17) is 0 Å². The van der Waals surface area contributed by atoms with Crippen LogP contribution in [0.5, 0.6) is 0 Å². The van der Waals surface area contributed by atoms with E-state index in [1.807, 2.05) is 12.1 Å². The van der Waals surface area contributed by atoms with E-state index in [1.165, 1.54) is 37.7 Å². The average molecular weight is 406 g/mol. The van der Waals surface area contributed by atoms with Gasteiger partial charge in [0.25, 0.3) is 5.91 Å². The summed E-state index contributed by atoms with van der Waals surface area (Å²) in [7, 11) is -3.67. The third-order valence-electron chi connectivity index (χ3n) is 6.58. The Morgan fingerprint density at radius 1 is 1.00 bits per heavy atom. The van der Waals surface area contributed by atoms with Gasteiger partial charge in [-0.15, -0.1) is 0 Å². The van der Waals surface area contributed by atoms with Gasteiger partial charge in [0.1, 0.15) is 5.54 Å². The standard InChI is InChI=1S/C20H27N3O4S/c24-18-20(23-19(25)22-18)12-4-7-16(20)13-21-28(26,27)17-10-8-15(9-11-17)14-5-2-1-3-6-14/h8-11,14,16,21H,1-7,12-13H2,(H2,22,23,24,25). The Morgan fingerprint density at radius 2 is 1.71 bits per heavy atom. The van der Waals surface area contributed by atoms with Crippen molar-refractivity contribution in [3.63, 3.8) is 0 Å². The summed E-state index contributed by atoms with van der Waals surface area (Å²) in [5.41, 5.74) is 0.225. The van der Waals surface area contributed by atoms with Crippen molar-refractivity contribution in [2.45, 2.75) is 67.7 Å². The molecule has 3 amide bonds. The molecule has 2 saturated carbocycles. The third kappa shape index (κ3) is 3.55. The summed E-state index contributed by atoms with van der Waals surface area (Å²) in [6.07, 6.45) is 8.09. The molecule has 2 unspecified atom stereocenters. The van der Waals surface area contributed by atoms with Gasteiger partial charge in [0.2, 0.25) is 10.0 Å². The Hall–Kier alpha value is -1.93. The first kappa shape index (κ1) is 19.4. The molecule has 1 saturated heterocycles. The van der Waals surface area contributed by atoms with Gasteiger partial charge in [0.15, 0.2) is 0 Å². The molecule has 4 rings (SSSR count). The normalized spacial score (nSPS) is 28.5. The van der Waals surface area contributed by atoms with Crippen LogP contribution in [0.2, 0.25) is 0 Å². The zero-order valence-electron chi connectivity index (χ0n) is 15.9. The van der Waals surface area contributed by atoms with E-state index in [2.05, 4.69) is 15.4 Å². The first-order valence-electron chi connectivity index (χ1n) is 10.1. The number of carbonyl (C=O) groups is 2. The molecule has 2 atom stereocenters. The van der Waals surface area contributed by atoms with E-state index in [1.54, 1.807) is 12.1 Å². The number of urea groups is 1. The maximum absolute atomic E-state index is 12.7. The minimum atomic E-state index is -3.67. The number of benzene rings is 1. The Morgan fingerprint density at radius 3 is 2.36 bits per heavy atom. The predicted molar refractivity (Wildman–Crippen MR) is 104 cm³/mol. The smallest absolute Gasteiger partial charge is 0.322 e. The molecule has 1 heterocycles. The fourth-order valence-electron chi connectivity index (χ4n) is 4.97.